The molecule has 0 spiro atoms. The third-order valence-electron chi connectivity index (χ3n) is 4.69. The van der Waals surface area contributed by atoms with E-state index < -0.39 is 6.04 Å². The molecule has 2 aromatic rings. The van der Waals surface area contributed by atoms with Crippen LogP contribution in [0.4, 0.5) is 0 Å². The summed E-state index contributed by atoms with van der Waals surface area (Å²) in [5, 5.41) is 2.67. The van der Waals surface area contributed by atoms with Crippen molar-refractivity contribution in [3.63, 3.8) is 0 Å². The molecule has 2 amide bonds. The molecule has 29 heavy (non-hydrogen) atoms. The van der Waals surface area contributed by atoms with E-state index in [1.54, 1.807) is 19.1 Å². The van der Waals surface area contributed by atoms with Gasteiger partial charge in [-0.15, -0.1) is 0 Å². The highest BCUT2D eigenvalue weighted by Crippen LogP contribution is 2.18. The predicted molar refractivity (Wildman–Crippen MR) is 113 cm³/mol. The van der Waals surface area contributed by atoms with Crippen molar-refractivity contribution in [3.05, 3.63) is 60.2 Å². The molecule has 1 atom stereocenters. The first-order valence-electron chi connectivity index (χ1n) is 9.90. The molecule has 6 nitrogen and oxygen atoms in total. The summed E-state index contributed by atoms with van der Waals surface area (Å²) in [5.41, 5.74) is 0.998. The molecule has 0 fully saturated rings. The number of nitrogens with one attached hydrogen (secondary N) is 1. The molecule has 0 saturated heterocycles. The molecule has 2 rings (SSSR count). The molecule has 0 bridgehead atoms. The van der Waals surface area contributed by atoms with E-state index in [2.05, 4.69) is 5.32 Å². The van der Waals surface area contributed by atoms with Crippen molar-refractivity contribution in [2.24, 2.45) is 0 Å². The average molecular weight is 399 g/mol. The Kier molecular flexibility index (Phi) is 9.02. The van der Waals surface area contributed by atoms with Crippen LogP contribution in [0.5, 0.6) is 11.5 Å². The molecular weight excluding hydrogens is 368 g/mol. The Balaban J connectivity index is 1.95. The second kappa shape index (κ2) is 11.7. The smallest absolute Gasteiger partial charge is 0.242 e. The first-order valence-corrected chi connectivity index (χ1v) is 9.90. The molecule has 2 aromatic carbocycles. The van der Waals surface area contributed by atoms with Crippen LogP contribution in [0.1, 0.15) is 31.7 Å². The summed E-state index contributed by atoms with van der Waals surface area (Å²) in [4.78, 5) is 26.9. The number of carbonyl (C=O) groups excluding carboxylic acids is 2. The topological polar surface area (TPSA) is 67.9 Å². The molecule has 1 N–H and O–H groups in total. The van der Waals surface area contributed by atoms with Gasteiger partial charge in [0.15, 0.2) is 0 Å². The summed E-state index contributed by atoms with van der Waals surface area (Å²) in [7, 11) is 3.21. The van der Waals surface area contributed by atoms with Gasteiger partial charge in [0.2, 0.25) is 11.8 Å². The van der Waals surface area contributed by atoms with Crippen LogP contribution in [0, 0.1) is 0 Å². The lowest BCUT2D eigenvalue weighted by atomic mass is 10.1. The van der Waals surface area contributed by atoms with Gasteiger partial charge in [0.25, 0.3) is 0 Å². The van der Waals surface area contributed by atoms with E-state index in [4.69, 9.17) is 9.47 Å². The Morgan fingerprint density at radius 3 is 2.28 bits per heavy atom. The Labute approximate surface area is 172 Å². The van der Waals surface area contributed by atoms with Gasteiger partial charge in [-0.2, -0.15) is 0 Å². The molecule has 6 heteroatoms. The van der Waals surface area contributed by atoms with E-state index in [1.165, 1.54) is 0 Å². The Bertz CT molecular complexity index is 762. The molecule has 1 unspecified atom stereocenters. The van der Waals surface area contributed by atoms with Gasteiger partial charge in [0.05, 0.1) is 13.7 Å². The molecule has 156 valence electrons. The lowest BCUT2D eigenvalue weighted by Crippen LogP contribution is -2.48. The lowest BCUT2D eigenvalue weighted by Gasteiger charge is -2.30. The van der Waals surface area contributed by atoms with Crippen molar-refractivity contribution in [1.82, 2.24) is 10.2 Å². The third-order valence-corrected chi connectivity index (χ3v) is 4.69. The van der Waals surface area contributed by atoms with Crippen molar-refractivity contribution in [2.45, 2.75) is 38.8 Å². The number of nitrogens with zero attached hydrogens (tertiary/aromatic N) is 1. The molecule has 0 aliphatic rings. The number of carbonyl (C=O) groups is 2. The van der Waals surface area contributed by atoms with Crippen LogP contribution in [0.15, 0.2) is 54.6 Å². The standard InChI is InChI=1S/C23H30N2O4/c1-4-21(23(27)24-2)25(17-18-9-6-5-7-10-18)22(26)11-8-16-29-20-14-12-19(28-3)13-15-20/h5-7,9-10,12-15,21H,4,8,11,16-17H2,1-3H3,(H,24,27). The minimum absolute atomic E-state index is 0.0531. The zero-order valence-corrected chi connectivity index (χ0v) is 17.4. The van der Waals surface area contributed by atoms with Gasteiger partial charge in [0, 0.05) is 20.0 Å². The van der Waals surface area contributed by atoms with E-state index >= 15 is 0 Å². The second-order valence-electron chi connectivity index (χ2n) is 6.67. The van der Waals surface area contributed by atoms with Gasteiger partial charge >= 0.3 is 0 Å². The molecular formula is C23H30N2O4. The van der Waals surface area contributed by atoms with E-state index in [0.29, 0.717) is 32.4 Å². The third kappa shape index (κ3) is 6.82. The van der Waals surface area contributed by atoms with Crippen LogP contribution in [-0.2, 0) is 16.1 Å². The maximum Gasteiger partial charge on any atom is 0.242 e. The van der Waals surface area contributed by atoms with Gasteiger partial charge in [-0.3, -0.25) is 9.59 Å². The highest BCUT2D eigenvalue weighted by molar-refractivity contribution is 5.87. The van der Waals surface area contributed by atoms with Crippen molar-refractivity contribution >= 4 is 11.8 Å². The van der Waals surface area contributed by atoms with Gasteiger partial charge in [-0.05, 0) is 42.7 Å². The summed E-state index contributed by atoms with van der Waals surface area (Å²) >= 11 is 0. The minimum Gasteiger partial charge on any atom is -0.497 e. The van der Waals surface area contributed by atoms with E-state index in [1.807, 2.05) is 61.5 Å². The van der Waals surface area contributed by atoms with Crippen LogP contribution < -0.4 is 14.8 Å². The molecule has 0 saturated carbocycles. The predicted octanol–water partition coefficient (Wildman–Crippen LogP) is 3.41. The molecule has 0 aromatic heterocycles. The van der Waals surface area contributed by atoms with E-state index in [-0.39, 0.29) is 11.8 Å². The van der Waals surface area contributed by atoms with Crippen molar-refractivity contribution in [3.8, 4) is 11.5 Å². The van der Waals surface area contributed by atoms with Gasteiger partial charge < -0.3 is 19.7 Å². The van der Waals surface area contributed by atoms with Gasteiger partial charge in [-0.25, -0.2) is 0 Å². The maximum absolute atomic E-state index is 12.9. The van der Waals surface area contributed by atoms with Crippen LogP contribution >= 0.6 is 0 Å². The largest absolute Gasteiger partial charge is 0.497 e. The fourth-order valence-electron chi connectivity index (χ4n) is 3.10. The SMILES string of the molecule is CCC(C(=O)NC)N(Cc1ccccc1)C(=O)CCCOc1ccc(OC)cc1. The molecule has 0 aliphatic carbocycles. The molecule has 0 radical (unpaired) electrons. The van der Waals surface area contributed by atoms with Crippen molar-refractivity contribution < 1.29 is 19.1 Å². The van der Waals surface area contributed by atoms with Gasteiger partial charge in [0.1, 0.15) is 17.5 Å². The summed E-state index contributed by atoms with van der Waals surface area (Å²) < 4.78 is 10.8. The highest BCUT2D eigenvalue weighted by Gasteiger charge is 2.27. The average Bonchev–Trinajstić information content (AvgIpc) is 2.77. The second-order valence-corrected chi connectivity index (χ2v) is 6.67. The van der Waals surface area contributed by atoms with E-state index in [0.717, 1.165) is 17.1 Å². The fourth-order valence-corrected chi connectivity index (χ4v) is 3.10. The first kappa shape index (κ1) is 22.3. The maximum atomic E-state index is 12.9. The number of hydrogen-bond acceptors (Lipinski definition) is 4. The highest BCUT2D eigenvalue weighted by atomic mass is 16.5. The normalized spacial score (nSPS) is 11.4. The van der Waals surface area contributed by atoms with Crippen molar-refractivity contribution in [2.75, 3.05) is 20.8 Å². The quantitative estimate of drug-likeness (QED) is 0.589. The zero-order chi connectivity index (χ0) is 21.1. The van der Waals surface area contributed by atoms with Gasteiger partial charge in [-0.1, -0.05) is 37.3 Å². The number of benzene rings is 2. The lowest BCUT2D eigenvalue weighted by molar-refractivity contribution is -0.141. The summed E-state index contributed by atoms with van der Waals surface area (Å²) in [5.74, 6) is 1.30. The van der Waals surface area contributed by atoms with Crippen LogP contribution in [0.25, 0.3) is 0 Å². The first-order chi connectivity index (χ1) is 14.1. The molecule has 0 heterocycles. The van der Waals surface area contributed by atoms with Crippen LogP contribution in [0.3, 0.4) is 0 Å². The number of likely N-dealkylation sites (N-methyl/N-ethyl adjacent to an activating group) is 1. The number of methoxy groups -OCH3 is 1. The Hall–Kier alpha value is -3.02. The number of ether oxygens (including phenoxy) is 2. The number of hydrogen-bond donors (Lipinski definition) is 1. The summed E-state index contributed by atoms with van der Waals surface area (Å²) in [6.07, 6.45) is 1.44. The fraction of sp³-hybridized carbons (Fsp3) is 0.391. The van der Waals surface area contributed by atoms with Crippen LogP contribution in [0.2, 0.25) is 0 Å². The molecule has 0 aliphatic heterocycles. The van der Waals surface area contributed by atoms with Crippen LogP contribution in [-0.4, -0.2) is 43.5 Å². The Morgan fingerprint density at radius 1 is 1.03 bits per heavy atom. The van der Waals surface area contributed by atoms with Crippen molar-refractivity contribution in [1.29, 1.82) is 0 Å². The number of amides is 2. The monoisotopic (exact) mass is 398 g/mol. The summed E-state index contributed by atoms with van der Waals surface area (Å²) in [6, 6.07) is 16.6. The Morgan fingerprint density at radius 2 is 1.69 bits per heavy atom. The van der Waals surface area contributed by atoms with E-state index in [9.17, 15) is 9.59 Å². The number of rotatable bonds is 11. The summed E-state index contributed by atoms with van der Waals surface area (Å²) in [6.45, 7) is 2.75. The zero-order valence-electron chi connectivity index (χ0n) is 17.4. The minimum atomic E-state index is -0.491.